The number of rotatable bonds is 7. The third kappa shape index (κ3) is 3.76. The van der Waals surface area contributed by atoms with Crippen molar-refractivity contribution in [2.24, 2.45) is 11.7 Å². The van der Waals surface area contributed by atoms with E-state index >= 15 is 0 Å². The SMILES string of the molecule is COc1ccc(CN(C(=O)CC(N)C2CC2)C2CC2)cc1. The van der Waals surface area contributed by atoms with Crippen LogP contribution in [0.1, 0.15) is 37.7 Å². The van der Waals surface area contributed by atoms with Gasteiger partial charge in [0, 0.05) is 25.0 Å². The van der Waals surface area contributed by atoms with Crippen LogP contribution in [0, 0.1) is 5.92 Å². The smallest absolute Gasteiger partial charge is 0.224 e. The van der Waals surface area contributed by atoms with Gasteiger partial charge in [-0.3, -0.25) is 4.79 Å². The first-order chi connectivity index (χ1) is 10.2. The van der Waals surface area contributed by atoms with Gasteiger partial charge in [-0.2, -0.15) is 0 Å². The molecule has 4 heteroatoms. The first kappa shape index (κ1) is 14.4. The molecule has 3 rings (SSSR count). The van der Waals surface area contributed by atoms with Crippen LogP contribution in [-0.4, -0.2) is 30.0 Å². The van der Waals surface area contributed by atoms with E-state index in [2.05, 4.69) is 0 Å². The lowest BCUT2D eigenvalue weighted by Crippen LogP contribution is -2.37. The van der Waals surface area contributed by atoms with Gasteiger partial charge in [-0.25, -0.2) is 0 Å². The van der Waals surface area contributed by atoms with Gasteiger partial charge in [-0.05, 0) is 49.3 Å². The van der Waals surface area contributed by atoms with E-state index in [1.807, 2.05) is 29.2 Å². The minimum absolute atomic E-state index is 0.0506. The Hall–Kier alpha value is -1.55. The van der Waals surface area contributed by atoms with Crippen molar-refractivity contribution in [3.63, 3.8) is 0 Å². The highest BCUT2D eigenvalue weighted by Crippen LogP contribution is 2.34. The van der Waals surface area contributed by atoms with Crippen molar-refractivity contribution >= 4 is 5.91 Å². The van der Waals surface area contributed by atoms with Crippen LogP contribution in [-0.2, 0) is 11.3 Å². The highest BCUT2D eigenvalue weighted by atomic mass is 16.5. The molecule has 2 aliphatic rings. The highest BCUT2D eigenvalue weighted by Gasteiger charge is 2.35. The first-order valence-electron chi connectivity index (χ1n) is 7.85. The van der Waals surface area contributed by atoms with Gasteiger partial charge in [0.05, 0.1) is 7.11 Å². The van der Waals surface area contributed by atoms with Crippen LogP contribution in [0.2, 0.25) is 0 Å². The molecule has 21 heavy (non-hydrogen) atoms. The van der Waals surface area contributed by atoms with Gasteiger partial charge >= 0.3 is 0 Å². The second-order valence-corrected chi connectivity index (χ2v) is 6.31. The Kier molecular flexibility index (Phi) is 4.15. The number of amides is 1. The van der Waals surface area contributed by atoms with E-state index in [0.717, 1.165) is 24.2 Å². The number of nitrogens with two attached hydrogens (primary N) is 1. The zero-order valence-corrected chi connectivity index (χ0v) is 12.6. The average molecular weight is 288 g/mol. The van der Waals surface area contributed by atoms with Crippen molar-refractivity contribution in [2.45, 2.75) is 50.7 Å². The third-order valence-electron chi connectivity index (χ3n) is 4.46. The molecule has 0 bridgehead atoms. The van der Waals surface area contributed by atoms with Crippen LogP contribution in [0.3, 0.4) is 0 Å². The van der Waals surface area contributed by atoms with Gasteiger partial charge in [0.2, 0.25) is 5.91 Å². The zero-order valence-electron chi connectivity index (χ0n) is 12.6. The highest BCUT2D eigenvalue weighted by molar-refractivity contribution is 5.77. The summed E-state index contributed by atoms with van der Waals surface area (Å²) in [6, 6.07) is 8.42. The quantitative estimate of drug-likeness (QED) is 0.837. The minimum Gasteiger partial charge on any atom is -0.497 e. The molecule has 4 nitrogen and oxygen atoms in total. The molecule has 1 aromatic rings. The second kappa shape index (κ2) is 6.06. The summed E-state index contributed by atoms with van der Waals surface area (Å²) in [5.74, 6) is 1.64. The number of carbonyl (C=O) groups excluding carboxylic acids is 1. The van der Waals surface area contributed by atoms with Gasteiger partial charge in [0.25, 0.3) is 0 Å². The van der Waals surface area contributed by atoms with Gasteiger partial charge in [0.1, 0.15) is 5.75 Å². The largest absolute Gasteiger partial charge is 0.497 e. The van der Waals surface area contributed by atoms with Gasteiger partial charge in [0.15, 0.2) is 0 Å². The molecule has 0 heterocycles. The Morgan fingerprint density at radius 2 is 1.95 bits per heavy atom. The summed E-state index contributed by atoms with van der Waals surface area (Å²) in [6.07, 6.45) is 5.13. The fraction of sp³-hybridized carbons (Fsp3) is 0.588. The van der Waals surface area contributed by atoms with E-state index in [4.69, 9.17) is 10.5 Å². The molecule has 1 amide bonds. The number of ether oxygens (including phenoxy) is 1. The topological polar surface area (TPSA) is 55.6 Å². The maximum atomic E-state index is 12.5. The van der Waals surface area contributed by atoms with E-state index in [1.54, 1.807) is 7.11 Å². The molecule has 0 saturated heterocycles. The summed E-state index contributed by atoms with van der Waals surface area (Å²) in [5.41, 5.74) is 7.25. The Morgan fingerprint density at radius 3 is 2.48 bits per heavy atom. The van der Waals surface area contributed by atoms with E-state index < -0.39 is 0 Å². The van der Waals surface area contributed by atoms with Gasteiger partial charge < -0.3 is 15.4 Å². The van der Waals surface area contributed by atoms with Crippen LogP contribution in [0.4, 0.5) is 0 Å². The summed E-state index contributed by atoms with van der Waals surface area (Å²) in [7, 11) is 1.66. The molecule has 2 N–H and O–H groups in total. The normalized spacial score (nSPS) is 19.1. The molecular formula is C17H24N2O2. The number of benzene rings is 1. The lowest BCUT2D eigenvalue weighted by atomic mass is 10.1. The average Bonchev–Trinajstić information content (AvgIpc) is 3.38. The van der Waals surface area contributed by atoms with Crippen LogP contribution < -0.4 is 10.5 Å². The molecule has 0 aliphatic heterocycles. The lowest BCUT2D eigenvalue weighted by molar-refractivity contribution is -0.132. The maximum absolute atomic E-state index is 12.5. The monoisotopic (exact) mass is 288 g/mol. The van der Waals surface area contributed by atoms with Crippen molar-refractivity contribution < 1.29 is 9.53 Å². The van der Waals surface area contributed by atoms with E-state index in [0.29, 0.717) is 24.9 Å². The minimum atomic E-state index is 0.0506. The Balaban J connectivity index is 1.61. The van der Waals surface area contributed by atoms with Gasteiger partial charge in [-0.1, -0.05) is 12.1 Å². The summed E-state index contributed by atoms with van der Waals surface area (Å²) in [6.45, 7) is 0.685. The van der Waals surface area contributed by atoms with E-state index in [9.17, 15) is 4.79 Å². The van der Waals surface area contributed by atoms with Crippen LogP contribution in [0.15, 0.2) is 24.3 Å². The third-order valence-corrected chi connectivity index (χ3v) is 4.46. The zero-order chi connectivity index (χ0) is 14.8. The number of hydrogen-bond donors (Lipinski definition) is 1. The van der Waals surface area contributed by atoms with Crippen LogP contribution in [0.25, 0.3) is 0 Å². The second-order valence-electron chi connectivity index (χ2n) is 6.31. The number of hydrogen-bond acceptors (Lipinski definition) is 3. The molecule has 114 valence electrons. The maximum Gasteiger partial charge on any atom is 0.224 e. The summed E-state index contributed by atoms with van der Waals surface area (Å²) in [4.78, 5) is 14.5. The number of methoxy groups -OCH3 is 1. The van der Waals surface area contributed by atoms with E-state index in [1.165, 1.54) is 12.8 Å². The molecule has 2 aliphatic carbocycles. The standard InChI is InChI=1S/C17H24N2O2/c1-21-15-8-2-12(3-9-15)11-19(14-6-7-14)17(20)10-16(18)13-4-5-13/h2-3,8-9,13-14,16H,4-7,10-11,18H2,1H3. The molecule has 2 saturated carbocycles. The fourth-order valence-corrected chi connectivity index (χ4v) is 2.74. The molecule has 2 fully saturated rings. The molecule has 0 spiro atoms. The van der Waals surface area contributed by atoms with Gasteiger partial charge in [-0.15, -0.1) is 0 Å². The molecule has 1 aromatic carbocycles. The van der Waals surface area contributed by atoms with Crippen molar-refractivity contribution in [1.82, 2.24) is 4.90 Å². The molecule has 0 aromatic heterocycles. The fourth-order valence-electron chi connectivity index (χ4n) is 2.74. The molecular weight excluding hydrogens is 264 g/mol. The Bertz CT molecular complexity index is 492. The van der Waals surface area contributed by atoms with E-state index in [-0.39, 0.29) is 11.9 Å². The summed E-state index contributed by atoms with van der Waals surface area (Å²) < 4.78 is 5.17. The summed E-state index contributed by atoms with van der Waals surface area (Å²) in [5, 5.41) is 0. The summed E-state index contributed by atoms with van der Waals surface area (Å²) >= 11 is 0. The Morgan fingerprint density at radius 1 is 1.29 bits per heavy atom. The first-order valence-corrected chi connectivity index (χ1v) is 7.85. The van der Waals surface area contributed by atoms with Crippen molar-refractivity contribution in [1.29, 1.82) is 0 Å². The van der Waals surface area contributed by atoms with Crippen molar-refractivity contribution in [3.05, 3.63) is 29.8 Å². The molecule has 0 radical (unpaired) electrons. The Labute approximate surface area is 126 Å². The predicted molar refractivity (Wildman–Crippen MR) is 81.9 cm³/mol. The predicted octanol–water partition coefficient (Wildman–Crippen LogP) is 2.31. The molecule has 1 atom stereocenters. The number of nitrogens with zero attached hydrogens (tertiary/aromatic N) is 1. The van der Waals surface area contributed by atoms with Crippen molar-refractivity contribution in [3.8, 4) is 5.75 Å². The lowest BCUT2D eigenvalue weighted by Gasteiger charge is -2.24. The van der Waals surface area contributed by atoms with Crippen LogP contribution >= 0.6 is 0 Å². The molecule has 1 unspecified atom stereocenters. The van der Waals surface area contributed by atoms with Crippen LogP contribution in [0.5, 0.6) is 5.75 Å². The number of carbonyl (C=O) groups is 1. The van der Waals surface area contributed by atoms with Crippen molar-refractivity contribution in [2.75, 3.05) is 7.11 Å².